The fraction of sp³-hybridized carbons (Fsp3) is 0.545. The second-order valence-corrected chi connectivity index (χ2v) is 6.76. The summed E-state index contributed by atoms with van der Waals surface area (Å²) in [4.78, 5) is 9.58. The second-order valence-electron chi connectivity index (χ2n) is 4.36. The number of sulfone groups is 1. The average Bonchev–Trinajstić information content (AvgIpc) is 2.69. The van der Waals surface area contributed by atoms with Crippen LogP contribution in [0.4, 0.5) is 5.82 Å². The Kier molecular flexibility index (Phi) is 3.48. The topological polar surface area (TPSA) is 87.0 Å². The molecule has 1 aromatic rings. The summed E-state index contributed by atoms with van der Waals surface area (Å²) < 4.78 is 23.5. The van der Waals surface area contributed by atoms with E-state index in [-0.39, 0.29) is 16.8 Å². The number of nitrogens with zero attached hydrogens (tertiary/aromatic N) is 4. The zero-order chi connectivity index (χ0) is 13.2. The standard InChI is InChI=1S/C11H14N4O2S/c1-15(8-9-3-2-6-18(9,16)17)11-4-5-13-10(7-12)14-11/h4-5,9H,2-3,6,8H2,1H3. The van der Waals surface area contributed by atoms with E-state index in [0.717, 1.165) is 6.42 Å². The monoisotopic (exact) mass is 266 g/mol. The van der Waals surface area contributed by atoms with Crippen molar-refractivity contribution in [3.05, 3.63) is 18.1 Å². The van der Waals surface area contributed by atoms with Gasteiger partial charge in [0.25, 0.3) is 0 Å². The van der Waals surface area contributed by atoms with Crippen molar-refractivity contribution in [2.75, 3.05) is 24.2 Å². The highest BCUT2D eigenvalue weighted by Gasteiger charge is 2.32. The van der Waals surface area contributed by atoms with Gasteiger partial charge in [-0.3, -0.25) is 0 Å². The van der Waals surface area contributed by atoms with Crippen LogP contribution < -0.4 is 4.90 Å². The quantitative estimate of drug-likeness (QED) is 0.785. The van der Waals surface area contributed by atoms with Gasteiger partial charge in [-0.2, -0.15) is 5.26 Å². The molecule has 0 amide bonds. The van der Waals surface area contributed by atoms with Gasteiger partial charge in [0.05, 0.1) is 11.0 Å². The van der Waals surface area contributed by atoms with Gasteiger partial charge in [-0.1, -0.05) is 0 Å². The molecule has 0 saturated carbocycles. The van der Waals surface area contributed by atoms with E-state index in [9.17, 15) is 8.42 Å². The van der Waals surface area contributed by atoms with Crippen LogP contribution in [0, 0.1) is 11.3 Å². The number of nitriles is 1. The molecule has 1 aromatic heterocycles. The molecule has 1 aliphatic heterocycles. The molecule has 7 heteroatoms. The molecular formula is C11H14N4O2S. The van der Waals surface area contributed by atoms with Gasteiger partial charge < -0.3 is 4.90 Å². The molecule has 0 spiro atoms. The van der Waals surface area contributed by atoms with Crippen LogP contribution in [-0.4, -0.2) is 43.0 Å². The molecule has 2 heterocycles. The molecule has 0 aromatic carbocycles. The summed E-state index contributed by atoms with van der Waals surface area (Å²) in [6.07, 6.45) is 2.93. The summed E-state index contributed by atoms with van der Waals surface area (Å²) in [6.45, 7) is 0.407. The van der Waals surface area contributed by atoms with Crippen LogP contribution in [0.2, 0.25) is 0 Å². The lowest BCUT2D eigenvalue weighted by Gasteiger charge is -2.21. The highest BCUT2D eigenvalue weighted by Crippen LogP contribution is 2.22. The molecule has 1 aliphatic rings. The summed E-state index contributed by atoms with van der Waals surface area (Å²) in [5.41, 5.74) is 0. The summed E-state index contributed by atoms with van der Waals surface area (Å²) in [7, 11) is -1.18. The van der Waals surface area contributed by atoms with Gasteiger partial charge in [0.1, 0.15) is 11.9 Å². The average molecular weight is 266 g/mol. The maximum atomic E-state index is 11.7. The van der Waals surface area contributed by atoms with Crippen molar-refractivity contribution >= 4 is 15.7 Å². The molecule has 0 aliphatic carbocycles. The van der Waals surface area contributed by atoms with E-state index >= 15 is 0 Å². The van der Waals surface area contributed by atoms with E-state index < -0.39 is 9.84 Å². The number of anilines is 1. The normalized spacial score (nSPS) is 21.4. The van der Waals surface area contributed by atoms with Gasteiger partial charge in [0.2, 0.25) is 5.82 Å². The first-order valence-corrected chi connectivity index (χ1v) is 7.40. The highest BCUT2D eigenvalue weighted by molar-refractivity contribution is 7.92. The van der Waals surface area contributed by atoms with Crippen molar-refractivity contribution in [3.8, 4) is 6.07 Å². The first-order chi connectivity index (χ1) is 8.53. The summed E-state index contributed by atoms with van der Waals surface area (Å²) in [5, 5.41) is 8.39. The molecule has 1 atom stereocenters. The van der Waals surface area contributed by atoms with Crippen molar-refractivity contribution in [2.45, 2.75) is 18.1 Å². The maximum Gasteiger partial charge on any atom is 0.234 e. The zero-order valence-corrected chi connectivity index (χ0v) is 10.9. The SMILES string of the molecule is CN(CC1CCCS1(=O)=O)c1ccnc(C#N)n1. The Morgan fingerprint density at radius 2 is 2.39 bits per heavy atom. The number of hydrogen-bond donors (Lipinski definition) is 0. The first kappa shape index (κ1) is 12.8. The second kappa shape index (κ2) is 4.90. The van der Waals surface area contributed by atoms with Crippen LogP contribution in [0.3, 0.4) is 0 Å². The summed E-state index contributed by atoms with van der Waals surface area (Å²) in [6, 6.07) is 3.53. The largest absolute Gasteiger partial charge is 0.358 e. The van der Waals surface area contributed by atoms with E-state index in [1.807, 2.05) is 6.07 Å². The minimum absolute atomic E-state index is 0.0913. The van der Waals surface area contributed by atoms with Crippen molar-refractivity contribution < 1.29 is 8.42 Å². The van der Waals surface area contributed by atoms with Gasteiger partial charge in [0.15, 0.2) is 9.84 Å². The van der Waals surface area contributed by atoms with Crippen molar-refractivity contribution in [1.29, 1.82) is 5.26 Å². The predicted molar refractivity (Wildman–Crippen MR) is 66.8 cm³/mol. The van der Waals surface area contributed by atoms with Gasteiger partial charge in [0, 0.05) is 19.8 Å². The smallest absolute Gasteiger partial charge is 0.234 e. The summed E-state index contributed by atoms with van der Waals surface area (Å²) in [5.74, 6) is 0.941. The minimum atomic E-state index is -2.96. The predicted octanol–water partition coefficient (Wildman–Crippen LogP) is 0.362. The third kappa shape index (κ3) is 2.59. The Labute approximate surface area is 106 Å². The molecular weight excluding hydrogens is 252 g/mol. The van der Waals surface area contributed by atoms with Gasteiger partial charge in [-0.15, -0.1) is 0 Å². The molecule has 1 fully saturated rings. The third-order valence-corrected chi connectivity index (χ3v) is 5.33. The molecule has 0 bridgehead atoms. The van der Waals surface area contributed by atoms with Gasteiger partial charge >= 0.3 is 0 Å². The Morgan fingerprint density at radius 3 is 3.00 bits per heavy atom. The van der Waals surface area contributed by atoms with Crippen LogP contribution >= 0.6 is 0 Å². The number of rotatable bonds is 3. The number of hydrogen-bond acceptors (Lipinski definition) is 6. The molecule has 0 N–H and O–H groups in total. The van der Waals surface area contributed by atoms with Crippen molar-refractivity contribution in [1.82, 2.24) is 9.97 Å². The van der Waals surface area contributed by atoms with Crippen LogP contribution in [0.1, 0.15) is 18.7 Å². The van der Waals surface area contributed by atoms with E-state index in [2.05, 4.69) is 9.97 Å². The number of aromatic nitrogens is 2. The Balaban J connectivity index is 2.12. The Hall–Kier alpha value is -1.68. The maximum absolute atomic E-state index is 11.7. The molecule has 6 nitrogen and oxygen atoms in total. The van der Waals surface area contributed by atoms with Crippen molar-refractivity contribution in [3.63, 3.8) is 0 Å². The lowest BCUT2D eigenvalue weighted by Crippen LogP contribution is -2.32. The molecule has 0 radical (unpaired) electrons. The Bertz CT molecular complexity index is 579. The van der Waals surface area contributed by atoms with Crippen LogP contribution in [0.5, 0.6) is 0 Å². The zero-order valence-electron chi connectivity index (χ0n) is 10.1. The lowest BCUT2D eigenvalue weighted by molar-refractivity contribution is 0.587. The third-order valence-electron chi connectivity index (χ3n) is 3.07. The van der Waals surface area contributed by atoms with Crippen LogP contribution in [0.15, 0.2) is 12.3 Å². The van der Waals surface area contributed by atoms with E-state index in [1.54, 1.807) is 18.0 Å². The molecule has 96 valence electrons. The first-order valence-electron chi connectivity index (χ1n) is 5.69. The fourth-order valence-corrected chi connectivity index (χ4v) is 3.96. The van der Waals surface area contributed by atoms with Crippen LogP contribution in [0.25, 0.3) is 0 Å². The molecule has 1 saturated heterocycles. The van der Waals surface area contributed by atoms with E-state index in [1.165, 1.54) is 6.20 Å². The summed E-state index contributed by atoms with van der Waals surface area (Å²) >= 11 is 0. The fourth-order valence-electron chi connectivity index (χ4n) is 2.08. The van der Waals surface area contributed by atoms with Crippen molar-refractivity contribution in [2.24, 2.45) is 0 Å². The molecule has 2 rings (SSSR count). The van der Waals surface area contributed by atoms with Crippen LogP contribution in [-0.2, 0) is 9.84 Å². The highest BCUT2D eigenvalue weighted by atomic mass is 32.2. The van der Waals surface area contributed by atoms with E-state index in [0.29, 0.717) is 18.8 Å². The lowest BCUT2D eigenvalue weighted by atomic mass is 10.2. The minimum Gasteiger partial charge on any atom is -0.358 e. The van der Waals surface area contributed by atoms with Gasteiger partial charge in [-0.05, 0) is 18.9 Å². The van der Waals surface area contributed by atoms with E-state index in [4.69, 9.17) is 5.26 Å². The molecule has 1 unspecified atom stereocenters. The molecule has 18 heavy (non-hydrogen) atoms. The Morgan fingerprint density at radius 1 is 1.61 bits per heavy atom. The van der Waals surface area contributed by atoms with Gasteiger partial charge in [-0.25, -0.2) is 18.4 Å².